The third-order valence-electron chi connectivity index (χ3n) is 4.01. The van der Waals surface area contributed by atoms with Crippen LogP contribution in [0.4, 0.5) is 0 Å². The van der Waals surface area contributed by atoms with Crippen molar-refractivity contribution in [1.29, 1.82) is 5.26 Å². The predicted molar refractivity (Wildman–Crippen MR) is 98.0 cm³/mol. The summed E-state index contributed by atoms with van der Waals surface area (Å²) in [5, 5.41) is 12.1. The fourth-order valence-corrected chi connectivity index (χ4v) is 2.89. The van der Waals surface area contributed by atoms with Gasteiger partial charge in [0.05, 0.1) is 27.2 Å². The molecule has 2 atom stereocenters. The third kappa shape index (κ3) is 4.39. The lowest BCUT2D eigenvalue weighted by Crippen LogP contribution is -2.40. The van der Waals surface area contributed by atoms with Crippen molar-refractivity contribution in [1.82, 2.24) is 5.32 Å². The molecule has 25 heavy (non-hydrogen) atoms. The summed E-state index contributed by atoms with van der Waals surface area (Å²) in [6, 6.07) is 12.8. The van der Waals surface area contributed by atoms with Crippen molar-refractivity contribution in [2.45, 2.75) is 19.9 Å². The van der Waals surface area contributed by atoms with Crippen molar-refractivity contribution in [2.24, 2.45) is 5.92 Å². The Labute approximate surface area is 156 Å². The third-order valence-corrected chi connectivity index (χ3v) is 4.64. The molecule has 4 nitrogen and oxygen atoms in total. The van der Waals surface area contributed by atoms with Gasteiger partial charge >= 0.3 is 0 Å². The van der Waals surface area contributed by atoms with Crippen LogP contribution < -0.4 is 5.32 Å². The number of carbonyl (C=O) groups is 2. The van der Waals surface area contributed by atoms with Crippen molar-refractivity contribution in [2.75, 3.05) is 0 Å². The summed E-state index contributed by atoms with van der Waals surface area (Å²) in [5.74, 6) is -1.01. The Balaban J connectivity index is 2.11. The molecule has 0 saturated heterocycles. The Morgan fingerprint density at radius 2 is 1.60 bits per heavy atom. The number of nitriles is 1. The number of amides is 1. The molecule has 2 aromatic carbocycles. The lowest BCUT2D eigenvalue weighted by Gasteiger charge is -2.21. The standard InChI is InChI=1S/C19H16Cl2N2O2/c1-11(18(24)14-8-6-13(10-22)7-9-14)12(2)23-19(25)17-15(20)4-3-5-16(17)21/h3-9,11-12H,1-2H3,(H,23,25). The highest BCUT2D eigenvalue weighted by Crippen LogP contribution is 2.24. The van der Waals surface area contributed by atoms with Crippen LogP contribution in [0.15, 0.2) is 42.5 Å². The Morgan fingerprint density at radius 3 is 2.12 bits per heavy atom. The minimum Gasteiger partial charge on any atom is -0.349 e. The topological polar surface area (TPSA) is 70.0 Å². The highest BCUT2D eigenvalue weighted by Gasteiger charge is 2.24. The molecular formula is C19H16Cl2N2O2. The van der Waals surface area contributed by atoms with Gasteiger partial charge in [-0.25, -0.2) is 0 Å². The van der Waals surface area contributed by atoms with Crippen molar-refractivity contribution in [3.8, 4) is 6.07 Å². The van der Waals surface area contributed by atoms with Crippen LogP contribution in [0.3, 0.4) is 0 Å². The first kappa shape index (κ1) is 19.0. The van der Waals surface area contributed by atoms with Crippen LogP contribution in [0.5, 0.6) is 0 Å². The molecule has 0 bridgehead atoms. The summed E-state index contributed by atoms with van der Waals surface area (Å²) in [5.41, 5.74) is 1.16. The predicted octanol–water partition coefficient (Wildman–Crippen LogP) is 4.50. The van der Waals surface area contributed by atoms with E-state index in [1.54, 1.807) is 56.3 Å². The van der Waals surface area contributed by atoms with Crippen LogP contribution in [-0.4, -0.2) is 17.7 Å². The summed E-state index contributed by atoms with van der Waals surface area (Å²) in [4.78, 5) is 25.0. The van der Waals surface area contributed by atoms with Gasteiger partial charge in [-0.05, 0) is 31.2 Å². The zero-order valence-electron chi connectivity index (χ0n) is 13.7. The van der Waals surface area contributed by atoms with Crippen molar-refractivity contribution >= 4 is 34.9 Å². The van der Waals surface area contributed by atoms with Crippen LogP contribution in [-0.2, 0) is 0 Å². The summed E-state index contributed by atoms with van der Waals surface area (Å²) >= 11 is 12.1. The fourth-order valence-electron chi connectivity index (χ4n) is 2.32. The van der Waals surface area contributed by atoms with Gasteiger partial charge in [0.15, 0.2) is 5.78 Å². The van der Waals surface area contributed by atoms with Gasteiger partial charge in [0.25, 0.3) is 5.91 Å². The van der Waals surface area contributed by atoms with Crippen LogP contribution >= 0.6 is 23.2 Å². The summed E-state index contributed by atoms with van der Waals surface area (Å²) < 4.78 is 0. The van der Waals surface area contributed by atoms with Crippen LogP contribution in [0.2, 0.25) is 10.0 Å². The van der Waals surface area contributed by atoms with Gasteiger partial charge in [-0.15, -0.1) is 0 Å². The first-order valence-electron chi connectivity index (χ1n) is 7.64. The molecule has 0 fully saturated rings. The Bertz CT molecular complexity index is 821. The second kappa shape index (κ2) is 8.15. The van der Waals surface area contributed by atoms with E-state index in [1.165, 1.54) is 0 Å². The number of nitrogens with zero attached hydrogens (tertiary/aromatic N) is 1. The molecule has 1 N–H and O–H groups in total. The Kier molecular flexibility index (Phi) is 6.19. The second-order valence-electron chi connectivity index (χ2n) is 5.70. The van der Waals surface area contributed by atoms with E-state index >= 15 is 0 Å². The molecule has 6 heteroatoms. The zero-order valence-corrected chi connectivity index (χ0v) is 15.2. The van der Waals surface area contributed by atoms with Gasteiger partial charge in [-0.1, -0.05) is 48.3 Å². The fraction of sp³-hybridized carbons (Fsp3) is 0.211. The first-order chi connectivity index (χ1) is 11.8. The van der Waals surface area contributed by atoms with Gasteiger partial charge in [0.1, 0.15) is 0 Å². The van der Waals surface area contributed by atoms with Gasteiger partial charge < -0.3 is 5.32 Å². The lowest BCUT2D eigenvalue weighted by atomic mass is 9.92. The maximum absolute atomic E-state index is 12.6. The van der Waals surface area contributed by atoms with E-state index < -0.39 is 17.9 Å². The van der Waals surface area contributed by atoms with Crippen molar-refractivity contribution in [3.63, 3.8) is 0 Å². The molecule has 0 aliphatic rings. The Hall–Kier alpha value is -2.35. The van der Waals surface area contributed by atoms with Crippen LogP contribution in [0.1, 0.15) is 40.1 Å². The van der Waals surface area contributed by atoms with E-state index in [0.717, 1.165) is 0 Å². The van der Waals surface area contributed by atoms with E-state index in [4.69, 9.17) is 28.5 Å². The molecular weight excluding hydrogens is 359 g/mol. The smallest absolute Gasteiger partial charge is 0.254 e. The molecule has 2 unspecified atom stereocenters. The van der Waals surface area contributed by atoms with Gasteiger partial charge in [0.2, 0.25) is 0 Å². The summed E-state index contributed by atoms with van der Waals surface area (Å²) in [6.45, 7) is 3.48. The SMILES string of the molecule is CC(NC(=O)c1c(Cl)cccc1Cl)C(C)C(=O)c1ccc(C#N)cc1. The van der Waals surface area contributed by atoms with Gasteiger partial charge in [-0.3, -0.25) is 9.59 Å². The van der Waals surface area contributed by atoms with Crippen molar-refractivity contribution in [3.05, 3.63) is 69.2 Å². The normalized spacial score (nSPS) is 12.8. The van der Waals surface area contributed by atoms with Gasteiger partial charge in [0, 0.05) is 17.5 Å². The molecule has 0 spiro atoms. The van der Waals surface area contributed by atoms with E-state index in [0.29, 0.717) is 11.1 Å². The number of nitrogens with one attached hydrogen (secondary N) is 1. The number of rotatable bonds is 5. The molecule has 2 rings (SSSR count). The van der Waals surface area contributed by atoms with Crippen LogP contribution in [0.25, 0.3) is 0 Å². The summed E-state index contributed by atoms with van der Waals surface area (Å²) in [6.07, 6.45) is 0. The number of Topliss-reactive ketones (excluding diaryl/α,β-unsaturated/α-hetero) is 1. The lowest BCUT2D eigenvalue weighted by molar-refractivity contribution is 0.0869. The molecule has 0 heterocycles. The number of ketones is 1. The molecule has 0 saturated carbocycles. The highest BCUT2D eigenvalue weighted by atomic mass is 35.5. The second-order valence-corrected chi connectivity index (χ2v) is 6.52. The molecule has 0 aromatic heterocycles. The largest absolute Gasteiger partial charge is 0.349 e. The number of benzene rings is 2. The van der Waals surface area contributed by atoms with Crippen molar-refractivity contribution < 1.29 is 9.59 Å². The quantitative estimate of drug-likeness (QED) is 0.782. The van der Waals surface area contributed by atoms with Crippen LogP contribution in [0, 0.1) is 17.2 Å². The number of carbonyl (C=O) groups excluding carboxylic acids is 2. The maximum Gasteiger partial charge on any atom is 0.254 e. The molecule has 0 aliphatic heterocycles. The monoisotopic (exact) mass is 374 g/mol. The molecule has 2 aromatic rings. The Morgan fingerprint density at radius 1 is 1.04 bits per heavy atom. The highest BCUT2D eigenvalue weighted by molar-refractivity contribution is 6.39. The van der Waals surface area contributed by atoms with E-state index in [-0.39, 0.29) is 21.4 Å². The average molecular weight is 375 g/mol. The minimum absolute atomic E-state index is 0.123. The first-order valence-corrected chi connectivity index (χ1v) is 8.40. The van der Waals surface area contributed by atoms with Gasteiger partial charge in [-0.2, -0.15) is 5.26 Å². The van der Waals surface area contributed by atoms with E-state index in [2.05, 4.69) is 5.32 Å². The number of hydrogen-bond acceptors (Lipinski definition) is 3. The number of halogens is 2. The van der Waals surface area contributed by atoms with E-state index in [9.17, 15) is 9.59 Å². The average Bonchev–Trinajstić information content (AvgIpc) is 2.60. The van der Waals surface area contributed by atoms with E-state index in [1.807, 2.05) is 6.07 Å². The number of hydrogen-bond donors (Lipinski definition) is 1. The minimum atomic E-state index is -0.460. The summed E-state index contributed by atoms with van der Waals surface area (Å²) in [7, 11) is 0. The molecule has 0 aliphatic carbocycles. The zero-order chi connectivity index (χ0) is 18.6. The molecule has 128 valence electrons. The molecule has 0 radical (unpaired) electrons. The molecule has 1 amide bonds. The maximum atomic E-state index is 12.6.